The molecule has 0 aliphatic carbocycles. The third-order valence-corrected chi connectivity index (χ3v) is 5.94. The Kier molecular flexibility index (Phi) is 10.4. The molecular formula is C27H28F7N3O. The summed E-state index contributed by atoms with van der Waals surface area (Å²) in [6.45, 7) is 3.56. The van der Waals surface area contributed by atoms with Crippen LogP contribution in [0.25, 0.3) is 5.57 Å². The van der Waals surface area contributed by atoms with Crippen molar-refractivity contribution >= 4 is 17.2 Å². The van der Waals surface area contributed by atoms with Crippen LogP contribution in [0.15, 0.2) is 59.7 Å². The summed E-state index contributed by atoms with van der Waals surface area (Å²) in [5.41, 5.74) is 2.93. The van der Waals surface area contributed by atoms with E-state index in [1.54, 1.807) is 19.1 Å². The van der Waals surface area contributed by atoms with E-state index in [1.807, 2.05) is 13.0 Å². The number of nitrogens with zero attached hydrogens (tertiary/aromatic N) is 2. The predicted molar refractivity (Wildman–Crippen MR) is 132 cm³/mol. The molecule has 1 aromatic carbocycles. The van der Waals surface area contributed by atoms with Gasteiger partial charge in [0.15, 0.2) is 0 Å². The summed E-state index contributed by atoms with van der Waals surface area (Å²) in [7, 11) is 1.32. The van der Waals surface area contributed by atoms with E-state index < -0.39 is 41.3 Å². The third kappa shape index (κ3) is 8.53. The minimum absolute atomic E-state index is 0.0596. The highest BCUT2D eigenvalue weighted by atomic mass is 19.4. The SMILES string of the molecule is CCC(C=CCC(C)C(=NC)c1cc(C(F)(F)F)cc(C(F)(F)F)c1)CC=C(C(N)=O)c1ccnc(F)c1. The molecule has 206 valence electrons. The highest BCUT2D eigenvalue weighted by Gasteiger charge is 2.37. The average molecular weight is 544 g/mol. The highest BCUT2D eigenvalue weighted by molar-refractivity contribution is 6.18. The third-order valence-electron chi connectivity index (χ3n) is 5.94. The fourth-order valence-electron chi connectivity index (χ4n) is 3.90. The van der Waals surface area contributed by atoms with Crippen LogP contribution in [0.1, 0.15) is 55.4 Å². The number of carbonyl (C=O) groups is 1. The first-order valence-electron chi connectivity index (χ1n) is 11.7. The molecule has 2 atom stereocenters. The predicted octanol–water partition coefficient (Wildman–Crippen LogP) is 7.24. The molecule has 1 amide bonds. The Hall–Kier alpha value is -3.50. The van der Waals surface area contributed by atoms with Crippen molar-refractivity contribution in [2.45, 2.75) is 45.5 Å². The number of hydrogen-bond acceptors (Lipinski definition) is 3. The van der Waals surface area contributed by atoms with Gasteiger partial charge in [0.05, 0.1) is 11.1 Å². The molecule has 0 saturated heterocycles. The first-order valence-corrected chi connectivity index (χ1v) is 11.7. The smallest absolute Gasteiger partial charge is 0.366 e. The van der Waals surface area contributed by atoms with Gasteiger partial charge >= 0.3 is 12.4 Å². The Morgan fingerprint density at radius 1 is 1.03 bits per heavy atom. The highest BCUT2D eigenvalue weighted by Crippen LogP contribution is 2.37. The molecule has 2 unspecified atom stereocenters. The molecule has 2 N–H and O–H groups in total. The van der Waals surface area contributed by atoms with Crippen LogP contribution in [-0.4, -0.2) is 23.7 Å². The van der Waals surface area contributed by atoms with Crippen LogP contribution >= 0.6 is 0 Å². The maximum absolute atomic E-state index is 13.5. The Morgan fingerprint density at radius 3 is 2.11 bits per heavy atom. The van der Waals surface area contributed by atoms with Gasteiger partial charge in [0.1, 0.15) is 0 Å². The van der Waals surface area contributed by atoms with Crippen molar-refractivity contribution in [2.24, 2.45) is 22.6 Å². The van der Waals surface area contributed by atoms with Crippen LogP contribution in [0.3, 0.4) is 0 Å². The quantitative estimate of drug-likeness (QED) is 0.113. The summed E-state index contributed by atoms with van der Waals surface area (Å²) >= 11 is 0. The monoisotopic (exact) mass is 543 g/mol. The number of benzene rings is 1. The van der Waals surface area contributed by atoms with Crippen LogP contribution in [0, 0.1) is 17.8 Å². The Bertz CT molecular complexity index is 1180. The second-order valence-corrected chi connectivity index (χ2v) is 8.72. The zero-order chi connectivity index (χ0) is 28.7. The van der Waals surface area contributed by atoms with Gasteiger partial charge < -0.3 is 5.73 Å². The van der Waals surface area contributed by atoms with E-state index in [-0.39, 0.29) is 28.8 Å². The summed E-state index contributed by atoms with van der Waals surface area (Å²) in [6.07, 6.45) is -2.13. The van der Waals surface area contributed by atoms with E-state index in [2.05, 4.69) is 9.98 Å². The molecule has 0 aliphatic heterocycles. The van der Waals surface area contributed by atoms with Gasteiger partial charge in [-0.1, -0.05) is 32.1 Å². The zero-order valence-electron chi connectivity index (χ0n) is 21.0. The van der Waals surface area contributed by atoms with E-state index in [1.165, 1.54) is 19.3 Å². The molecule has 2 aromatic rings. The Balaban J connectivity index is 2.22. The Labute approximate surface area is 216 Å². The van der Waals surface area contributed by atoms with Gasteiger partial charge in [0.25, 0.3) is 0 Å². The van der Waals surface area contributed by atoms with E-state index in [0.29, 0.717) is 37.0 Å². The van der Waals surface area contributed by atoms with Crippen LogP contribution in [-0.2, 0) is 17.1 Å². The second-order valence-electron chi connectivity index (χ2n) is 8.72. The summed E-state index contributed by atoms with van der Waals surface area (Å²) in [5, 5.41) is 0. The molecule has 1 aromatic heterocycles. The topological polar surface area (TPSA) is 68.3 Å². The summed E-state index contributed by atoms with van der Waals surface area (Å²) in [5.74, 6) is -2.04. The maximum atomic E-state index is 13.5. The zero-order valence-corrected chi connectivity index (χ0v) is 21.0. The van der Waals surface area contributed by atoms with Crippen molar-refractivity contribution in [3.8, 4) is 0 Å². The lowest BCUT2D eigenvalue weighted by Gasteiger charge is -2.18. The molecule has 0 bridgehead atoms. The van der Waals surface area contributed by atoms with E-state index >= 15 is 0 Å². The molecular weight excluding hydrogens is 515 g/mol. The summed E-state index contributed by atoms with van der Waals surface area (Å²) < 4.78 is 93.1. The number of hydrogen-bond donors (Lipinski definition) is 1. The molecule has 0 aliphatic rings. The molecule has 4 nitrogen and oxygen atoms in total. The minimum atomic E-state index is -4.95. The maximum Gasteiger partial charge on any atom is 0.416 e. The number of primary amides is 1. The van der Waals surface area contributed by atoms with Crippen molar-refractivity contribution in [1.82, 2.24) is 4.98 Å². The van der Waals surface area contributed by atoms with Crippen LogP contribution < -0.4 is 5.73 Å². The molecule has 2 rings (SSSR count). The first-order chi connectivity index (χ1) is 17.7. The summed E-state index contributed by atoms with van der Waals surface area (Å²) in [4.78, 5) is 19.3. The van der Waals surface area contributed by atoms with Crippen LogP contribution in [0.2, 0.25) is 0 Å². The van der Waals surface area contributed by atoms with Crippen molar-refractivity contribution < 1.29 is 35.5 Å². The van der Waals surface area contributed by atoms with Gasteiger partial charge in [-0.3, -0.25) is 9.79 Å². The number of aliphatic imine (C=N–C) groups is 1. The van der Waals surface area contributed by atoms with Crippen molar-refractivity contribution in [2.75, 3.05) is 7.05 Å². The van der Waals surface area contributed by atoms with Gasteiger partial charge in [-0.2, -0.15) is 30.7 Å². The lowest BCUT2D eigenvalue weighted by Crippen LogP contribution is -2.17. The summed E-state index contributed by atoms with van der Waals surface area (Å²) in [6, 6.07) is 3.98. The number of aromatic nitrogens is 1. The number of carbonyl (C=O) groups excluding carboxylic acids is 1. The standard InChI is InChI=1S/C27H28F7N3O/c1-4-17(8-9-22(25(35)38)18-10-11-37-23(28)14-18)7-5-6-16(2)24(36-3)19-12-20(26(29,30)31)15-21(13-19)27(32,33)34/h5,7,9-17H,4,6,8H2,1-3H3,(H2,35,38). The molecule has 0 fully saturated rings. The van der Waals surface area contributed by atoms with Crippen LogP contribution in [0.4, 0.5) is 30.7 Å². The number of nitrogens with two attached hydrogens (primary N) is 1. The van der Waals surface area contributed by atoms with Gasteiger partial charge in [0, 0.05) is 36.5 Å². The van der Waals surface area contributed by atoms with Gasteiger partial charge in [-0.05, 0) is 60.6 Å². The average Bonchev–Trinajstić information content (AvgIpc) is 2.82. The Morgan fingerprint density at radius 2 is 1.63 bits per heavy atom. The molecule has 1 heterocycles. The van der Waals surface area contributed by atoms with Gasteiger partial charge in [-0.15, -0.1) is 0 Å². The number of alkyl halides is 6. The molecule has 11 heteroatoms. The molecule has 0 radical (unpaired) electrons. The first kappa shape index (κ1) is 30.7. The van der Waals surface area contributed by atoms with Gasteiger partial charge in [-0.25, -0.2) is 4.98 Å². The normalized spacial score (nSPS) is 15.1. The second kappa shape index (κ2) is 12.8. The number of rotatable bonds is 10. The van der Waals surface area contributed by atoms with Gasteiger partial charge in [0.2, 0.25) is 11.9 Å². The lowest BCUT2D eigenvalue weighted by atomic mass is 9.91. The molecule has 38 heavy (non-hydrogen) atoms. The van der Waals surface area contributed by atoms with Crippen molar-refractivity contribution in [1.29, 1.82) is 0 Å². The number of amides is 1. The van der Waals surface area contributed by atoms with Crippen molar-refractivity contribution in [3.63, 3.8) is 0 Å². The van der Waals surface area contributed by atoms with Crippen LogP contribution in [0.5, 0.6) is 0 Å². The number of allylic oxidation sites excluding steroid dienone is 3. The minimum Gasteiger partial charge on any atom is -0.366 e. The largest absolute Gasteiger partial charge is 0.416 e. The fraction of sp³-hybridized carbons (Fsp3) is 0.370. The van der Waals surface area contributed by atoms with E-state index in [4.69, 9.17) is 5.73 Å². The number of halogens is 7. The molecule has 0 saturated carbocycles. The van der Waals surface area contributed by atoms with E-state index in [9.17, 15) is 35.5 Å². The number of pyridine rings is 1. The van der Waals surface area contributed by atoms with E-state index in [0.717, 1.165) is 6.07 Å². The lowest BCUT2D eigenvalue weighted by molar-refractivity contribution is -0.143. The molecule has 0 spiro atoms. The fourth-order valence-corrected chi connectivity index (χ4v) is 3.90. The van der Waals surface area contributed by atoms with Crippen molar-refractivity contribution in [3.05, 3.63) is 83.0 Å².